The van der Waals surface area contributed by atoms with Crippen LogP contribution in [-0.4, -0.2) is 26.3 Å². The van der Waals surface area contributed by atoms with Gasteiger partial charge in [-0.2, -0.15) is 5.10 Å². The fourth-order valence-corrected chi connectivity index (χ4v) is 2.68. The van der Waals surface area contributed by atoms with E-state index in [4.69, 9.17) is 11.6 Å². The molecule has 2 aromatic heterocycles. The van der Waals surface area contributed by atoms with Crippen LogP contribution in [0, 0.1) is 0 Å². The Labute approximate surface area is 120 Å². The highest BCUT2D eigenvalue weighted by Gasteiger charge is 2.23. The summed E-state index contributed by atoms with van der Waals surface area (Å²) in [6, 6.07) is 1.70. The number of carbonyl (C=O) groups excluding carboxylic acids is 1. The van der Waals surface area contributed by atoms with Crippen molar-refractivity contribution in [2.24, 2.45) is 0 Å². The second-order valence-corrected chi connectivity index (χ2v) is 5.04. The van der Waals surface area contributed by atoms with Crippen molar-refractivity contribution in [3.8, 4) is 11.1 Å². The molecule has 1 aliphatic heterocycles. The Hall–Kier alpha value is -1.92. The van der Waals surface area contributed by atoms with Gasteiger partial charge in [0.05, 0.1) is 11.2 Å². The fraction of sp³-hybridized carbons (Fsp3) is 0.308. The summed E-state index contributed by atoms with van der Waals surface area (Å²) in [5.41, 5.74) is 2.57. The lowest BCUT2D eigenvalue weighted by Gasteiger charge is -2.20. The molecule has 0 fully saturated rings. The normalized spacial score (nSPS) is 17.6. The number of rotatable bonds is 3. The molecular weight excluding hydrogens is 280 g/mol. The summed E-state index contributed by atoms with van der Waals surface area (Å²) >= 11 is 6.19. The minimum atomic E-state index is -0.583. The molecule has 0 saturated carbocycles. The molecule has 2 N–H and O–H groups in total. The number of hydrogen-bond donors (Lipinski definition) is 2. The Morgan fingerprint density at radius 3 is 3.10 bits per heavy atom. The maximum atomic E-state index is 10.5. The molecule has 1 amide bonds. The molecule has 20 heavy (non-hydrogen) atoms. The molecule has 104 valence electrons. The third kappa shape index (κ3) is 2.17. The van der Waals surface area contributed by atoms with E-state index >= 15 is 0 Å². The van der Waals surface area contributed by atoms with Crippen LogP contribution in [0.1, 0.15) is 24.8 Å². The van der Waals surface area contributed by atoms with Crippen molar-refractivity contribution in [2.45, 2.75) is 25.5 Å². The number of fused-ring (bicyclic) bond motifs is 1. The SMILES string of the molecule is O=CNc1cc(-c2cnn3c2CCCC3O)c(Cl)cn1. The van der Waals surface area contributed by atoms with Gasteiger partial charge in [0.2, 0.25) is 6.41 Å². The molecule has 3 heterocycles. The van der Waals surface area contributed by atoms with Gasteiger partial charge in [-0.05, 0) is 25.3 Å². The summed E-state index contributed by atoms with van der Waals surface area (Å²) in [5, 5.41) is 17.1. The lowest BCUT2D eigenvalue weighted by atomic mass is 10.0. The molecule has 6 nitrogen and oxygen atoms in total. The molecule has 7 heteroatoms. The monoisotopic (exact) mass is 292 g/mol. The van der Waals surface area contributed by atoms with E-state index in [-0.39, 0.29) is 0 Å². The Morgan fingerprint density at radius 1 is 1.45 bits per heavy atom. The van der Waals surface area contributed by atoms with E-state index in [1.807, 2.05) is 0 Å². The van der Waals surface area contributed by atoms with Crippen molar-refractivity contribution in [3.05, 3.63) is 29.2 Å². The summed E-state index contributed by atoms with van der Waals surface area (Å²) in [5.74, 6) is 0.427. The van der Waals surface area contributed by atoms with Crippen molar-refractivity contribution < 1.29 is 9.90 Å². The van der Waals surface area contributed by atoms with E-state index in [1.54, 1.807) is 16.9 Å². The van der Waals surface area contributed by atoms with Crippen molar-refractivity contribution in [3.63, 3.8) is 0 Å². The van der Waals surface area contributed by atoms with Gasteiger partial charge in [-0.3, -0.25) is 4.79 Å². The molecule has 0 aliphatic carbocycles. The first kappa shape index (κ1) is 13.1. The number of aromatic nitrogens is 3. The van der Waals surface area contributed by atoms with Gasteiger partial charge in [0.15, 0.2) is 0 Å². The summed E-state index contributed by atoms with van der Waals surface area (Å²) in [4.78, 5) is 14.5. The van der Waals surface area contributed by atoms with Crippen LogP contribution in [0.5, 0.6) is 0 Å². The van der Waals surface area contributed by atoms with E-state index < -0.39 is 6.23 Å². The molecule has 0 bridgehead atoms. The lowest BCUT2D eigenvalue weighted by molar-refractivity contribution is -0.105. The molecule has 1 unspecified atom stereocenters. The number of halogens is 1. The first-order valence-electron chi connectivity index (χ1n) is 6.31. The zero-order chi connectivity index (χ0) is 14.1. The number of amides is 1. The van der Waals surface area contributed by atoms with Gasteiger partial charge in [-0.25, -0.2) is 9.67 Å². The Morgan fingerprint density at radius 2 is 2.30 bits per heavy atom. The molecule has 0 aromatic carbocycles. The van der Waals surface area contributed by atoms with Crippen molar-refractivity contribution >= 4 is 23.8 Å². The van der Waals surface area contributed by atoms with E-state index in [2.05, 4.69) is 15.4 Å². The molecular formula is C13H13ClN4O2. The summed E-state index contributed by atoms with van der Waals surface area (Å²) in [7, 11) is 0. The van der Waals surface area contributed by atoms with E-state index in [0.29, 0.717) is 23.7 Å². The molecule has 2 aromatic rings. The van der Waals surface area contributed by atoms with Crippen molar-refractivity contribution in [1.82, 2.24) is 14.8 Å². The van der Waals surface area contributed by atoms with Gasteiger partial charge in [0.25, 0.3) is 0 Å². The number of nitrogens with one attached hydrogen (secondary N) is 1. The number of carbonyl (C=O) groups is 1. The number of aliphatic hydroxyl groups is 1. The van der Waals surface area contributed by atoms with Gasteiger partial charge < -0.3 is 10.4 Å². The average Bonchev–Trinajstić information content (AvgIpc) is 2.86. The zero-order valence-electron chi connectivity index (χ0n) is 10.6. The largest absolute Gasteiger partial charge is 0.372 e. The number of pyridine rings is 1. The molecule has 1 atom stereocenters. The van der Waals surface area contributed by atoms with Crippen LogP contribution in [0.15, 0.2) is 18.5 Å². The zero-order valence-corrected chi connectivity index (χ0v) is 11.3. The molecule has 0 radical (unpaired) electrons. The van der Waals surface area contributed by atoms with E-state index in [1.165, 1.54) is 6.20 Å². The molecule has 3 rings (SSSR count). The molecule has 0 spiro atoms. The Balaban J connectivity index is 2.09. The van der Waals surface area contributed by atoms with Crippen LogP contribution in [0.4, 0.5) is 5.82 Å². The third-order valence-electron chi connectivity index (χ3n) is 3.41. The van der Waals surface area contributed by atoms with Crippen LogP contribution in [0.2, 0.25) is 5.02 Å². The van der Waals surface area contributed by atoms with Crippen LogP contribution < -0.4 is 5.32 Å². The maximum absolute atomic E-state index is 10.5. The van der Waals surface area contributed by atoms with Gasteiger partial charge in [0.1, 0.15) is 12.0 Å². The van der Waals surface area contributed by atoms with Gasteiger partial charge in [-0.15, -0.1) is 0 Å². The predicted octanol–water partition coefficient (Wildman–Crippen LogP) is 1.99. The maximum Gasteiger partial charge on any atom is 0.212 e. The van der Waals surface area contributed by atoms with Crippen molar-refractivity contribution in [1.29, 1.82) is 0 Å². The van der Waals surface area contributed by atoms with Crippen LogP contribution in [0.3, 0.4) is 0 Å². The quantitative estimate of drug-likeness (QED) is 0.848. The Kier molecular flexibility index (Phi) is 3.42. The highest BCUT2D eigenvalue weighted by molar-refractivity contribution is 6.33. The molecule has 1 aliphatic rings. The van der Waals surface area contributed by atoms with E-state index in [9.17, 15) is 9.90 Å². The third-order valence-corrected chi connectivity index (χ3v) is 3.71. The predicted molar refractivity (Wildman–Crippen MR) is 74.3 cm³/mol. The summed E-state index contributed by atoms with van der Waals surface area (Å²) in [6.45, 7) is 0. The smallest absolute Gasteiger partial charge is 0.212 e. The topological polar surface area (TPSA) is 80.0 Å². The summed E-state index contributed by atoms with van der Waals surface area (Å²) in [6.07, 6.45) is 5.61. The fourth-order valence-electron chi connectivity index (χ4n) is 2.48. The molecule has 0 saturated heterocycles. The van der Waals surface area contributed by atoms with Crippen LogP contribution in [-0.2, 0) is 11.2 Å². The van der Waals surface area contributed by atoms with Gasteiger partial charge >= 0.3 is 0 Å². The van der Waals surface area contributed by atoms with Crippen LogP contribution in [0.25, 0.3) is 11.1 Å². The number of hydrogen-bond acceptors (Lipinski definition) is 4. The van der Waals surface area contributed by atoms with Gasteiger partial charge in [0, 0.05) is 23.0 Å². The summed E-state index contributed by atoms with van der Waals surface area (Å²) < 4.78 is 1.63. The highest BCUT2D eigenvalue weighted by atomic mass is 35.5. The first-order chi connectivity index (χ1) is 9.70. The second-order valence-electron chi connectivity index (χ2n) is 4.63. The van der Waals surface area contributed by atoms with Crippen LogP contribution >= 0.6 is 11.6 Å². The van der Waals surface area contributed by atoms with Crippen molar-refractivity contribution in [2.75, 3.05) is 5.32 Å². The highest BCUT2D eigenvalue weighted by Crippen LogP contribution is 2.35. The number of aliphatic hydroxyl groups excluding tert-OH is 1. The Bertz CT molecular complexity index is 656. The second kappa shape index (κ2) is 5.22. The lowest BCUT2D eigenvalue weighted by Crippen LogP contribution is -2.18. The van der Waals surface area contributed by atoms with E-state index in [0.717, 1.165) is 29.7 Å². The van der Waals surface area contributed by atoms with Gasteiger partial charge in [-0.1, -0.05) is 11.6 Å². The average molecular weight is 293 g/mol. The number of nitrogens with zero attached hydrogens (tertiary/aromatic N) is 3. The minimum absolute atomic E-state index is 0.427. The standard InChI is InChI=1S/C13H13ClN4O2/c14-10-6-15-12(16-7-19)4-8(10)9-5-17-18-11(9)2-1-3-13(18)20/h4-7,13,20H,1-3H2,(H,15,16,19). The number of anilines is 1. The minimum Gasteiger partial charge on any atom is -0.372 e. The first-order valence-corrected chi connectivity index (χ1v) is 6.69.